The molecule has 3 aromatic rings. The number of nitrogens with one attached hydrogen (secondary N) is 3. The van der Waals surface area contributed by atoms with Gasteiger partial charge in [0, 0.05) is 23.1 Å². The first-order valence-electron chi connectivity index (χ1n) is 9.76. The Balaban J connectivity index is 1.49. The highest BCUT2D eigenvalue weighted by Crippen LogP contribution is 2.33. The Kier molecular flexibility index (Phi) is 4.57. The third kappa shape index (κ3) is 3.24. The largest absolute Gasteiger partial charge is 0.466 e. The lowest BCUT2D eigenvalue weighted by Gasteiger charge is -2.33. The molecule has 0 saturated carbocycles. The van der Waals surface area contributed by atoms with Crippen LogP contribution in [0.3, 0.4) is 0 Å². The van der Waals surface area contributed by atoms with Gasteiger partial charge in [-0.1, -0.05) is 23.8 Å². The zero-order chi connectivity index (χ0) is 20.8. The number of fused-ring (bicyclic) bond motifs is 2. The third-order valence-corrected chi connectivity index (χ3v) is 5.55. The second-order valence-electron chi connectivity index (χ2n) is 7.82. The quantitative estimate of drug-likeness (QED) is 0.595. The number of hydrogen-bond donors (Lipinski definition) is 3. The molecule has 3 N–H and O–H groups in total. The smallest absolute Gasteiger partial charge is 0.278 e. The van der Waals surface area contributed by atoms with Crippen LogP contribution in [0.25, 0.3) is 10.9 Å². The Hall–Kier alpha value is -3.28. The van der Waals surface area contributed by atoms with Gasteiger partial charge in [0.05, 0.1) is 5.69 Å². The minimum atomic E-state index is -1.60. The normalized spacial score (nSPS) is 18.1. The van der Waals surface area contributed by atoms with Crippen molar-refractivity contribution in [3.8, 4) is 5.75 Å². The third-order valence-electron chi connectivity index (χ3n) is 5.55. The summed E-state index contributed by atoms with van der Waals surface area (Å²) in [7, 11) is 0. The van der Waals surface area contributed by atoms with Gasteiger partial charge in [0.2, 0.25) is 0 Å². The van der Waals surface area contributed by atoms with Gasteiger partial charge in [-0.15, -0.1) is 0 Å². The summed E-state index contributed by atoms with van der Waals surface area (Å²) in [5, 5.41) is 6.81. The Labute approximate surface area is 169 Å². The maximum absolute atomic E-state index is 12.8. The lowest BCUT2D eigenvalue weighted by Crippen LogP contribution is -2.58. The van der Waals surface area contributed by atoms with Crippen LogP contribution in [0.5, 0.6) is 5.75 Å². The first kappa shape index (κ1) is 19.1. The lowest BCUT2D eigenvalue weighted by molar-refractivity contribution is -0.146. The summed E-state index contributed by atoms with van der Waals surface area (Å²) in [6, 6.07) is 11.4. The molecule has 0 spiro atoms. The topological polar surface area (TPSA) is 83.2 Å². The monoisotopic (exact) mass is 391 g/mol. The highest BCUT2D eigenvalue weighted by Gasteiger charge is 2.47. The highest BCUT2D eigenvalue weighted by molar-refractivity contribution is 6.15. The van der Waals surface area contributed by atoms with Crippen molar-refractivity contribution in [1.82, 2.24) is 10.3 Å². The van der Waals surface area contributed by atoms with Crippen LogP contribution in [0.1, 0.15) is 29.3 Å². The van der Waals surface area contributed by atoms with E-state index in [1.165, 1.54) is 29.0 Å². The number of H-pyrrole nitrogens is 1. The molecule has 0 fully saturated rings. The van der Waals surface area contributed by atoms with Gasteiger partial charge >= 0.3 is 0 Å². The van der Waals surface area contributed by atoms with Crippen molar-refractivity contribution in [3.63, 3.8) is 0 Å². The van der Waals surface area contributed by atoms with Gasteiger partial charge < -0.3 is 20.4 Å². The van der Waals surface area contributed by atoms with Gasteiger partial charge in [-0.3, -0.25) is 9.59 Å². The zero-order valence-electron chi connectivity index (χ0n) is 17.1. The molecule has 2 aromatic carbocycles. The summed E-state index contributed by atoms with van der Waals surface area (Å²) in [6.07, 6.45) is 0.661. The molecular formula is C23H25N3O3. The summed E-state index contributed by atoms with van der Waals surface area (Å²) < 4.78 is 5.78. The number of benzene rings is 2. The first-order valence-corrected chi connectivity index (χ1v) is 9.76. The predicted octanol–water partition coefficient (Wildman–Crippen LogP) is 3.54. The molecule has 29 heavy (non-hydrogen) atoms. The molecule has 1 unspecified atom stereocenters. The molecule has 2 heterocycles. The summed E-state index contributed by atoms with van der Waals surface area (Å²) in [5.74, 6) is -0.430. The Morgan fingerprint density at radius 2 is 1.93 bits per heavy atom. The van der Waals surface area contributed by atoms with Crippen molar-refractivity contribution < 1.29 is 14.3 Å². The van der Waals surface area contributed by atoms with Crippen molar-refractivity contribution in [2.45, 2.75) is 39.7 Å². The minimum absolute atomic E-state index is 0.410. The van der Waals surface area contributed by atoms with E-state index in [1.807, 2.05) is 6.92 Å². The van der Waals surface area contributed by atoms with Gasteiger partial charge in [0.25, 0.3) is 17.4 Å². The van der Waals surface area contributed by atoms with Crippen LogP contribution in [-0.4, -0.2) is 28.9 Å². The number of rotatable bonds is 4. The fourth-order valence-electron chi connectivity index (χ4n) is 3.94. The Morgan fingerprint density at radius 1 is 1.17 bits per heavy atom. The minimum Gasteiger partial charge on any atom is -0.466 e. The molecule has 0 aliphatic carbocycles. The van der Waals surface area contributed by atoms with E-state index in [0.29, 0.717) is 24.4 Å². The predicted molar refractivity (Wildman–Crippen MR) is 113 cm³/mol. The van der Waals surface area contributed by atoms with E-state index >= 15 is 0 Å². The maximum atomic E-state index is 12.8. The summed E-state index contributed by atoms with van der Waals surface area (Å²) in [5.41, 5.74) is 4.79. The number of hydrogen-bond acceptors (Lipinski definition) is 3. The van der Waals surface area contributed by atoms with Crippen molar-refractivity contribution in [2.24, 2.45) is 0 Å². The van der Waals surface area contributed by atoms with Crippen molar-refractivity contribution in [2.75, 3.05) is 11.9 Å². The van der Waals surface area contributed by atoms with Crippen LogP contribution in [0.15, 0.2) is 36.4 Å². The van der Waals surface area contributed by atoms with Crippen LogP contribution in [0, 0.1) is 20.8 Å². The molecule has 4 rings (SSSR count). The molecule has 6 nitrogen and oxygen atoms in total. The Morgan fingerprint density at radius 3 is 2.72 bits per heavy atom. The lowest BCUT2D eigenvalue weighted by atomic mass is 10.0. The molecule has 6 heteroatoms. The molecule has 1 atom stereocenters. The fourth-order valence-corrected chi connectivity index (χ4v) is 3.94. The van der Waals surface area contributed by atoms with Gasteiger partial charge in [-0.25, -0.2) is 0 Å². The number of aromatic nitrogens is 1. The van der Waals surface area contributed by atoms with E-state index < -0.39 is 17.4 Å². The molecule has 1 aliphatic heterocycles. The number of aromatic amines is 1. The van der Waals surface area contributed by atoms with E-state index in [9.17, 15) is 9.59 Å². The van der Waals surface area contributed by atoms with Gasteiger partial charge in [0.15, 0.2) is 0 Å². The van der Waals surface area contributed by atoms with Gasteiger partial charge in [-0.05, 0) is 63.4 Å². The number of carbonyl (C=O) groups excluding carboxylic acids is 2. The van der Waals surface area contributed by atoms with Gasteiger partial charge in [0.1, 0.15) is 5.75 Å². The number of aryl methyl sites for hydroxylation is 3. The number of carbonyl (C=O) groups is 2. The van der Waals surface area contributed by atoms with Crippen molar-refractivity contribution >= 4 is 28.4 Å². The first-order chi connectivity index (χ1) is 13.8. The SMILES string of the molecule is Cc1cc(C)c2[nH]c(C)c(CCNC(=O)C3(C)Oc4ccccc4NC3=O)c2c1. The fraction of sp³-hybridized carbons (Fsp3) is 0.304. The second-order valence-corrected chi connectivity index (χ2v) is 7.82. The van der Waals surface area contributed by atoms with E-state index in [-0.39, 0.29) is 0 Å². The van der Waals surface area contributed by atoms with Crippen LogP contribution >= 0.6 is 0 Å². The molecule has 0 saturated heterocycles. The summed E-state index contributed by atoms with van der Waals surface area (Å²) >= 11 is 0. The summed E-state index contributed by atoms with van der Waals surface area (Å²) in [6.45, 7) is 8.12. The van der Waals surface area contributed by atoms with E-state index in [0.717, 1.165) is 11.2 Å². The zero-order valence-corrected chi connectivity index (χ0v) is 17.1. The maximum Gasteiger partial charge on any atom is 0.278 e. The van der Waals surface area contributed by atoms with Crippen LogP contribution < -0.4 is 15.4 Å². The van der Waals surface area contributed by atoms with Crippen LogP contribution in [0.2, 0.25) is 0 Å². The van der Waals surface area contributed by atoms with Crippen LogP contribution in [0.4, 0.5) is 5.69 Å². The van der Waals surface area contributed by atoms with Gasteiger partial charge in [-0.2, -0.15) is 0 Å². The number of anilines is 1. The van der Waals surface area contributed by atoms with Crippen molar-refractivity contribution in [1.29, 1.82) is 0 Å². The standard InChI is InChI=1S/C23H25N3O3/c1-13-11-14(2)20-17(12-13)16(15(3)25-20)9-10-24-21(27)23(4)22(28)26-18-7-5-6-8-19(18)29-23/h5-8,11-12,25H,9-10H2,1-4H3,(H,24,27)(H,26,28). The second kappa shape index (κ2) is 6.95. The van der Waals surface area contributed by atoms with Crippen molar-refractivity contribution in [3.05, 3.63) is 58.8 Å². The molecule has 150 valence electrons. The number of amides is 2. The Bertz CT molecular complexity index is 1130. The summed E-state index contributed by atoms with van der Waals surface area (Å²) in [4.78, 5) is 28.8. The molecular weight excluding hydrogens is 366 g/mol. The van der Waals surface area contributed by atoms with E-state index in [4.69, 9.17) is 4.74 Å². The average Bonchev–Trinajstić information content (AvgIpc) is 2.98. The molecule has 1 aromatic heterocycles. The van der Waals surface area contributed by atoms with E-state index in [2.05, 4.69) is 41.6 Å². The van der Waals surface area contributed by atoms with E-state index in [1.54, 1.807) is 24.3 Å². The average molecular weight is 391 g/mol. The molecule has 0 radical (unpaired) electrons. The van der Waals surface area contributed by atoms with Crippen LogP contribution in [-0.2, 0) is 16.0 Å². The molecule has 1 aliphatic rings. The molecule has 0 bridgehead atoms. The number of ether oxygens (including phenoxy) is 1. The highest BCUT2D eigenvalue weighted by atomic mass is 16.5. The molecule has 2 amide bonds. The number of para-hydroxylation sites is 2.